The topological polar surface area (TPSA) is 55.0 Å². The highest BCUT2D eigenvalue weighted by Gasteiger charge is 2.33. The van der Waals surface area contributed by atoms with Crippen molar-refractivity contribution in [2.45, 2.75) is 19.0 Å². The monoisotopic (exact) mass is 260 g/mol. The molecule has 0 bridgehead atoms. The zero-order chi connectivity index (χ0) is 13.2. The first kappa shape index (κ1) is 13.1. The van der Waals surface area contributed by atoms with Gasteiger partial charge in [-0.2, -0.15) is 13.2 Å². The number of hydrogen-bond acceptors (Lipinski definition) is 4. The van der Waals surface area contributed by atoms with Gasteiger partial charge < -0.3 is 10.6 Å². The lowest BCUT2D eigenvalue weighted by molar-refractivity contribution is -0.141. The first-order valence-electron chi connectivity index (χ1n) is 5.86. The van der Waals surface area contributed by atoms with Crippen molar-refractivity contribution in [1.82, 2.24) is 10.2 Å². The lowest BCUT2D eigenvalue weighted by Gasteiger charge is -2.17. The molecule has 0 radical (unpaired) electrons. The summed E-state index contributed by atoms with van der Waals surface area (Å²) in [4.78, 5) is 1.95. The standard InChI is InChI=1S/C11H15F3N4/c12-11(13,14)9-1-2-10(17-16-9)18-6-4-8(7-18)3-5-15/h1-2,8H,3-7,15H2. The van der Waals surface area contributed by atoms with Crippen LogP contribution < -0.4 is 10.6 Å². The van der Waals surface area contributed by atoms with E-state index in [1.807, 2.05) is 4.90 Å². The number of anilines is 1. The number of halogens is 3. The summed E-state index contributed by atoms with van der Waals surface area (Å²) in [5.41, 5.74) is 4.53. The highest BCUT2D eigenvalue weighted by atomic mass is 19.4. The summed E-state index contributed by atoms with van der Waals surface area (Å²) in [6.45, 7) is 2.22. The normalized spacial score (nSPS) is 20.4. The average Bonchev–Trinajstić information content (AvgIpc) is 2.77. The highest BCUT2D eigenvalue weighted by Crippen LogP contribution is 2.29. The van der Waals surface area contributed by atoms with Crippen LogP contribution in [-0.2, 0) is 6.18 Å². The Morgan fingerprint density at radius 1 is 1.33 bits per heavy atom. The minimum absolute atomic E-state index is 0.499. The Bertz CT molecular complexity index is 390. The van der Waals surface area contributed by atoms with Crippen LogP contribution in [0.3, 0.4) is 0 Å². The van der Waals surface area contributed by atoms with Gasteiger partial charge in [-0.1, -0.05) is 0 Å². The second-order valence-corrected chi connectivity index (χ2v) is 4.45. The minimum Gasteiger partial charge on any atom is -0.355 e. The molecule has 0 spiro atoms. The van der Waals surface area contributed by atoms with E-state index in [-0.39, 0.29) is 0 Å². The van der Waals surface area contributed by atoms with Gasteiger partial charge in [0.25, 0.3) is 0 Å². The zero-order valence-corrected chi connectivity index (χ0v) is 9.82. The number of nitrogens with zero attached hydrogens (tertiary/aromatic N) is 3. The molecule has 1 aliphatic rings. The molecule has 18 heavy (non-hydrogen) atoms. The predicted octanol–water partition coefficient (Wildman–Crippen LogP) is 1.67. The van der Waals surface area contributed by atoms with E-state index >= 15 is 0 Å². The lowest BCUT2D eigenvalue weighted by atomic mass is 10.1. The molecule has 1 atom stereocenters. The van der Waals surface area contributed by atoms with E-state index in [9.17, 15) is 13.2 Å². The molecule has 0 amide bonds. The molecule has 1 fully saturated rings. The number of rotatable bonds is 3. The van der Waals surface area contributed by atoms with Crippen LogP contribution in [0.25, 0.3) is 0 Å². The van der Waals surface area contributed by atoms with Crippen molar-refractivity contribution in [2.75, 3.05) is 24.5 Å². The Kier molecular flexibility index (Phi) is 3.70. The quantitative estimate of drug-likeness (QED) is 0.898. The van der Waals surface area contributed by atoms with E-state index in [0.717, 1.165) is 32.0 Å². The third kappa shape index (κ3) is 2.90. The van der Waals surface area contributed by atoms with Crippen LogP contribution in [0, 0.1) is 5.92 Å². The highest BCUT2D eigenvalue weighted by molar-refractivity contribution is 5.38. The fourth-order valence-electron chi connectivity index (χ4n) is 2.16. The molecule has 4 nitrogen and oxygen atoms in total. The van der Waals surface area contributed by atoms with Gasteiger partial charge in [-0.05, 0) is 37.4 Å². The fourth-order valence-corrected chi connectivity index (χ4v) is 2.16. The second kappa shape index (κ2) is 5.09. The first-order valence-corrected chi connectivity index (χ1v) is 5.86. The summed E-state index contributed by atoms with van der Waals surface area (Å²) in [5.74, 6) is 1.00. The third-order valence-electron chi connectivity index (χ3n) is 3.13. The Morgan fingerprint density at radius 3 is 2.67 bits per heavy atom. The lowest BCUT2D eigenvalue weighted by Crippen LogP contribution is -2.22. The van der Waals surface area contributed by atoms with Crippen LogP contribution >= 0.6 is 0 Å². The summed E-state index contributed by atoms with van der Waals surface area (Å²) in [7, 11) is 0. The molecule has 2 N–H and O–H groups in total. The van der Waals surface area contributed by atoms with Gasteiger partial charge in [-0.15, -0.1) is 10.2 Å². The van der Waals surface area contributed by atoms with E-state index < -0.39 is 11.9 Å². The van der Waals surface area contributed by atoms with Crippen molar-refractivity contribution in [3.8, 4) is 0 Å². The molecule has 1 aromatic rings. The maximum atomic E-state index is 12.3. The molecule has 1 aromatic heterocycles. The smallest absolute Gasteiger partial charge is 0.355 e. The van der Waals surface area contributed by atoms with Crippen molar-refractivity contribution < 1.29 is 13.2 Å². The van der Waals surface area contributed by atoms with Gasteiger partial charge in [0, 0.05) is 13.1 Å². The van der Waals surface area contributed by atoms with E-state index in [1.165, 1.54) is 6.07 Å². The predicted molar refractivity (Wildman–Crippen MR) is 61.0 cm³/mol. The van der Waals surface area contributed by atoms with Crippen LogP contribution in [0.2, 0.25) is 0 Å². The molecular weight excluding hydrogens is 245 g/mol. The Morgan fingerprint density at radius 2 is 2.11 bits per heavy atom. The maximum absolute atomic E-state index is 12.3. The fraction of sp³-hybridized carbons (Fsp3) is 0.636. The van der Waals surface area contributed by atoms with E-state index in [4.69, 9.17) is 5.73 Å². The van der Waals surface area contributed by atoms with Gasteiger partial charge in [0.2, 0.25) is 0 Å². The van der Waals surface area contributed by atoms with Gasteiger partial charge in [0.05, 0.1) is 0 Å². The third-order valence-corrected chi connectivity index (χ3v) is 3.13. The number of aromatic nitrogens is 2. The number of nitrogens with two attached hydrogens (primary N) is 1. The molecule has 1 unspecified atom stereocenters. The van der Waals surface area contributed by atoms with Crippen molar-refractivity contribution in [3.05, 3.63) is 17.8 Å². The van der Waals surface area contributed by atoms with Crippen molar-refractivity contribution in [2.24, 2.45) is 11.7 Å². The van der Waals surface area contributed by atoms with E-state index in [1.54, 1.807) is 0 Å². The SMILES string of the molecule is NCCC1CCN(c2ccc(C(F)(F)F)nn2)C1. The molecule has 1 saturated heterocycles. The van der Waals surface area contributed by atoms with Gasteiger partial charge in [-0.3, -0.25) is 0 Å². The maximum Gasteiger partial charge on any atom is 0.435 e. The average molecular weight is 260 g/mol. The summed E-state index contributed by atoms with van der Waals surface area (Å²) in [6, 6.07) is 2.35. The number of alkyl halides is 3. The summed E-state index contributed by atoms with van der Waals surface area (Å²) in [6.07, 6.45) is -2.50. The van der Waals surface area contributed by atoms with E-state index in [2.05, 4.69) is 10.2 Å². The van der Waals surface area contributed by atoms with Crippen molar-refractivity contribution in [3.63, 3.8) is 0 Å². The second-order valence-electron chi connectivity index (χ2n) is 4.45. The molecule has 0 saturated carbocycles. The van der Waals surface area contributed by atoms with Crippen LogP contribution in [0.4, 0.5) is 19.0 Å². The number of hydrogen-bond donors (Lipinski definition) is 1. The molecule has 100 valence electrons. The molecule has 2 rings (SSSR count). The van der Waals surface area contributed by atoms with Gasteiger partial charge in [-0.25, -0.2) is 0 Å². The zero-order valence-electron chi connectivity index (χ0n) is 9.82. The molecule has 0 aliphatic carbocycles. The van der Waals surface area contributed by atoms with Gasteiger partial charge >= 0.3 is 6.18 Å². The Labute approximate surface area is 103 Å². The molecule has 7 heteroatoms. The van der Waals surface area contributed by atoms with Crippen molar-refractivity contribution >= 4 is 5.82 Å². The van der Waals surface area contributed by atoms with E-state index in [0.29, 0.717) is 18.3 Å². The molecular formula is C11H15F3N4. The van der Waals surface area contributed by atoms with Crippen LogP contribution in [0.1, 0.15) is 18.5 Å². The molecule has 1 aliphatic heterocycles. The van der Waals surface area contributed by atoms with Crippen LogP contribution in [0.15, 0.2) is 12.1 Å². The minimum atomic E-state index is -4.43. The van der Waals surface area contributed by atoms with Crippen LogP contribution in [0.5, 0.6) is 0 Å². The van der Waals surface area contributed by atoms with Crippen LogP contribution in [-0.4, -0.2) is 29.8 Å². The van der Waals surface area contributed by atoms with Gasteiger partial charge in [0.1, 0.15) is 0 Å². The molecule has 0 aromatic carbocycles. The Balaban J connectivity index is 2.03. The van der Waals surface area contributed by atoms with Crippen molar-refractivity contribution in [1.29, 1.82) is 0 Å². The first-order chi connectivity index (χ1) is 8.50. The Hall–Kier alpha value is -1.37. The molecule has 2 heterocycles. The largest absolute Gasteiger partial charge is 0.435 e. The van der Waals surface area contributed by atoms with Gasteiger partial charge in [0.15, 0.2) is 11.5 Å². The summed E-state index contributed by atoms with van der Waals surface area (Å²) in [5, 5.41) is 6.87. The summed E-state index contributed by atoms with van der Waals surface area (Å²) >= 11 is 0. The summed E-state index contributed by atoms with van der Waals surface area (Å²) < 4.78 is 37.0.